The van der Waals surface area contributed by atoms with Gasteiger partial charge in [0.15, 0.2) is 0 Å². The van der Waals surface area contributed by atoms with Gasteiger partial charge in [-0.2, -0.15) is 4.98 Å². The maximum absolute atomic E-state index is 5.81. The topological polar surface area (TPSA) is 60.6 Å². The van der Waals surface area contributed by atoms with Crippen molar-refractivity contribution in [3.63, 3.8) is 0 Å². The van der Waals surface area contributed by atoms with Crippen molar-refractivity contribution in [2.24, 2.45) is 0 Å². The van der Waals surface area contributed by atoms with Crippen molar-refractivity contribution in [2.45, 2.75) is 31.4 Å². The highest BCUT2D eigenvalue weighted by atomic mass is 16.5. The van der Waals surface area contributed by atoms with Gasteiger partial charge in [-0.1, -0.05) is 0 Å². The molecule has 0 radical (unpaired) electrons. The molecule has 0 aromatic carbocycles. The van der Waals surface area contributed by atoms with Crippen LogP contribution in [0.1, 0.15) is 19.3 Å². The first-order valence-electron chi connectivity index (χ1n) is 6.48. The fraction of sp³-hybridized carbons (Fsp3) is 0.615. The normalized spacial score (nSPS) is 27.1. The smallest absolute Gasteiger partial charge is 0.238 e. The number of rotatable bonds is 2. The van der Waals surface area contributed by atoms with Gasteiger partial charge in [-0.25, -0.2) is 0 Å². The third kappa shape index (κ3) is 1.88. The largest absolute Gasteiger partial charge is 0.479 e. The van der Waals surface area contributed by atoms with Crippen molar-refractivity contribution in [2.75, 3.05) is 30.9 Å². The van der Waals surface area contributed by atoms with E-state index in [4.69, 9.17) is 15.2 Å². The fourth-order valence-electron chi connectivity index (χ4n) is 2.98. The van der Waals surface area contributed by atoms with Gasteiger partial charge in [0.25, 0.3) is 0 Å². The number of nitrogens with zero attached hydrogens (tertiary/aromatic N) is 2. The number of hydrogen-bond donors (Lipinski definition) is 1. The van der Waals surface area contributed by atoms with Crippen LogP contribution >= 0.6 is 0 Å². The number of nitrogen functional groups attached to an aromatic ring is 1. The van der Waals surface area contributed by atoms with Crippen molar-refractivity contribution in [3.05, 3.63) is 12.1 Å². The zero-order valence-corrected chi connectivity index (χ0v) is 10.6. The minimum absolute atomic E-state index is 0.365. The Labute approximate surface area is 107 Å². The van der Waals surface area contributed by atoms with Gasteiger partial charge < -0.3 is 20.1 Å². The highest BCUT2D eigenvalue weighted by Crippen LogP contribution is 2.33. The van der Waals surface area contributed by atoms with Gasteiger partial charge in [-0.05, 0) is 31.4 Å². The minimum Gasteiger partial charge on any atom is -0.479 e. The molecule has 1 aliphatic carbocycles. The third-order valence-electron chi connectivity index (χ3n) is 3.84. The van der Waals surface area contributed by atoms with E-state index in [1.807, 2.05) is 12.1 Å². The Hall–Kier alpha value is -1.49. The quantitative estimate of drug-likeness (QED) is 0.859. The van der Waals surface area contributed by atoms with Crippen LogP contribution in [0.4, 0.5) is 11.5 Å². The molecule has 5 heteroatoms. The monoisotopic (exact) mass is 249 g/mol. The molecular weight excluding hydrogens is 230 g/mol. The van der Waals surface area contributed by atoms with Crippen LogP contribution < -0.4 is 15.4 Å². The van der Waals surface area contributed by atoms with Crippen LogP contribution in [0.5, 0.6) is 5.88 Å². The molecule has 18 heavy (non-hydrogen) atoms. The van der Waals surface area contributed by atoms with Crippen LogP contribution in [0, 0.1) is 0 Å². The highest BCUT2D eigenvalue weighted by Gasteiger charge is 2.36. The molecule has 0 spiro atoms. The molecule has 2 aliphatic rings. The molecule has 5 nitrogen and oxygen atoms in total. The molecule has 2 heterocycles. The van der Waals surface area contributed by atoms with Gasteiger partial charge in [-0.15, -0.1) is 0 Å². The van der Waals surface area contributed by atoms with Crippen molar-refractivity contribution in [1.29, 1.82) is 0 Å². The van der Waals surface area contributed by atoms with E-state index in [1.165, 1.54) is 12.8 Å². The number of methoxy groups -OCH3 is 1. The summed E-state index contributed by atoms with van der Waals surface area (Å²) in [4.78, 5) is 6.83. The molecule has 1 aromatic rings. The van der Waals surface area contributed by atoms with Crippen LogP contribution in [0.15, 0.2) is 12.1 Å². The Kier molecular flexibility index (Phi) is 2.99. The second-order valence-corrected chi connectivity index (χ2v) is 4.87. The lowest BCUT2D eigenvalue weighted by Crippen LogP contribution is -2.49. The predicted molar refractivity (Wildman–Crippen MR) is 69.9 cm³/mol. The van der Waals surface area contributed by atoms with Gasteiger partial charge >= 0.3 is 0 Å². The van der Waals surface area contributed by atoms with Crippen LogP contribution in [-0.2, 0) is 4.74 Å². The molecule has 1 saturated carbocycles. The number of morpholine rings is 1. The summed E-state index contributed by atoms with van der Waals surface area (Å²) < 4.78 is 11.0. The number of pyridine rings is 1. The molecule has 1 saturated heterocycles. The molecular formula is C13H19N3O2. The second-order valence-electron chi connectivity index (χ2n) is 4.87. The van der Waals surface area contributed by atoms with Crippen molar-refractivity contribution < 1.29 is 9.47 Å². The van der Waals surface area contributed by atoms with Crippen molar-refractivity contribution >= 4 is 11.5 Å². The van der Waals surface area contributed by atoms with E-state index in [1.54, 1.807) is 7.11 Å². The zero-order chi connectivity index (χ0) is 12.5. The number of ether oxygens (including phenoxy) is 2. The lowest BCUT2D eigenvalue weighted by Gasteiger charge is -2.38. The molecule has 2 unspecified atom stereocenters. The summed E-state index contributed by atoms with van der Waals surface area (Å²) in [6.07, 6.45) is 3.94. The van der Waals surface area contributed by atoms with Crippen LogP contribution in [-0.4, -0.2) is 37.4 Å². The summed E-state index contributed by atoms with van der Waals surface area (Å²) in [5.41, 5.74) is 6.39. The molecule has 2 atom stereocenters. The number of hydrogen-bond acceptors (Lipinski definition) is 5. The van der Waals surface area contributed by atoms with Gasteiger partial charge in [0.2, 0.25) is 5.88 Å². The fourth-order valence-corrected chi connectivity index (χ4v) is 2.98. The second kappa shape index (κ2) is 4.65. The third-order valence-corrected chi connectivity index (χ3v) is 3.84. The van der Waals surface area contributed by atoms with E-state index in [9.17, 15) is 0 Å². The number of fused-ring (bicyclic) bond motifs is 1. The summed E-state index contributed by atoms with van der Waals surface area (Å²) in [7, 11) is 1.60. The van der Waals surface area contributed by atoms with E-state index in [-0.39, 0.29) is 0 Å². The maximum atomic E-state index is 5.81. The van der Waals surface area contributed by atoms with E-state index in [0.29, 0.717) is 23.7 Å². The molecule has 1 aromatic heterocycles. The van der Waals surface area contributed by atoms with E-state index < -0.39 is 0 Å². The summed E-state index contributed by atoms with van der Waals surface area (Å²) >= 11 is 0. The van der Waals surface area contributed by atoms with Crippen LogP contribution in [0.3, 0.4) is 0 Å². The molecule has 0 bridgehead atoms. The standard InChI is InChI=1S/C13H19N3O2/c1-17-13-9(14)5-6-12(15-13)16-7-8-18-11-4-2-3-10(11)16/h5-6,10-11H,2-4,7-8,14H2,1H3. The summed E-state index contributed by atoms with van der Waals surface area (Å²) in [5.74, 6) is 1.45. The average Bonchev–Trinajstić information content (AvgIpc) is 2.87. The van der Waals surface area contributed by atoms with Crippen molar-refractivity contribution in [3.8, 4) is 5.88 Å². The SMILES string of the molecule is COc1nc(N2CCOC3CCCC32)ccc1N. The van der Waals surface area contributed by atoms with E-state index >= 15 is 0 Å². The minimum atomic E-state index is 0.365. The summed E-state index contributed by atoms with van der Waals surface area (Å²) in [6.45, 7) is 1.66. The molecule has 98 valence electrons. The molecule has 0 amide bonds. The lowest BCUT2D eigenvalue weighted by molar-refractivity contribution is 0.0253. The van der Waals surface area contributed by atoms with Gasteiger partial charge in [-0.3, -0.25) is 0 Å². The van der Waals surface area contributed by atoms with E-state index in [2.05, 4.69) is 9.88 Å². The molecule has 3 rings (SSSR count). The molecule has 1 aliphatic heterocycles. The first-order valence-corrected chi connectivity index (χ1v) is 6.48. The first kappa shape index (κ1) is 11.6. The number of anilines is 2. The Morgan fingerprint density at radius 3 is 3.17 bits per heavy atom. The molecule has 2 N–H and O–H groups in total. The van der Waals surface area contributed by atoms with Gasteiger partial charge in [0.1, 0.15) is 5.82 Å². The average molecular weight is 249 g/mol. The van der Waals surface area contributed by atoms with Gasteiger partial charge in [0, 0.05) is 6.54 Å². The summed E-state index contributed by atoms with van der Waals surface area (Å²) in [6, 6.07) is 4.29. The first-order chi connectivity index (χ1) is 8.79. The Balaban J connectivity index is 1.89. The number of aromatic nitrogens is 1. The summed E-state index contributed by atoms with van der Waals surface area (Å²) in [5, 5.41) is 0. The van der Waals surface area contributed by atoms with Crippen LogP contribution in [0.25, 0.3) is 0 Å². The number of nitrogens with two attached hydrogens (primary N) is 1. The predicted octanol–water partition coefficient (Wildman–Crippen LogP) is 1.43. The highest BCUT2D eigenvalue weighted by molar-refractivity contribution is 5.55. The van der Waals surface area contributed by atoms with Crippen molar-refractivity contribution in [1.82, 2.24) is 4.98 Å². The Bertz CT molecular complexity index is 438. The van der Waals surface area contributed by atoms with Gasteiger partial charge in [0.05, 0.1) is 31.5 Å². The lowest BCUT2D eigenvalue weighted by atomic mass is 10.1. The Morgan fingerprint density at radius 2 is 2.33 bits per heavy atom. The molecule has 2 fully saturated rings. The zero-order valence-electron chi connectivity index (χ0n) is 10.6. The van der Waals surface area contributed by atoms with E-state index in [0.717, 1.165) is 25.4 Å². The maximum Gasteiger partial charge on any atom is 0.238 e. The Morgan fingerprint density at radius 1 is 1.44 bits per heavy atom. The van der Waals surface area contributed by atoms with Crippen LogP contribution in [0.2, 0.25) is 0 Å².